The number of β-amino-alcohol motifs (C(OH)–C–C–N with tert-alkyl or cyclic N) is 1. The maximum Gasteiger partial charge on any atom is 0.415 e. The van der Waals surface area contributed by atoms with Crippen LogP contribution in [0.4, 0.5) is 13.2 Å². The van der Waals surface area contributed by atoms with E-state index in [1.165, 1.54) is 4.90 Å². The van der Waals surface area contributed by atoms with E-state index < -0.39 is 24.9 Å². The molecule has 90 valence electrons. The summed E-state index contributed by atoms with van der Waals surface area (Å²) in [6.07, 6.45) is -7.39. The molecule has 2 N–H and O–H groups in total. The highest BCUT2D eigenvalue weighted by Gasteiger charge is 2.39. The molecule has 0 aromatic heterocycles. The lowest BCUT2D eigenvalue weighted by atomic mass is 10.2. The van der Waals surface area contributed by atoms with Crippen LogP contribution in [0.1, 0.15) is 0 Å². The van der Waals surface area contributed by atoms with Crippen LogP contribution >= 0.6 is 0 Å². The van der Waals surface area contributed by atoms with Crippen molar-refractivity contribution in [3.8, 4) is 0 Å². The largest absolute Gasteiger partial charge is 0.415 e. The third-order valence-electron chi connectivity index (χ3n) is 2.24. The van der Waals surface area contributed by atoms with Gasteiger partial charge in [0.15, 0.2) is 6.10 Å². The molecule has 0 bridgehead atoms. The standard InChI is InChI=1S/C8H14F3NO3/c9-8(10,11)7(14)4-12-1-2-15-6(3-12)5-13/h6-7,13-14H,1-5H2. The van der Waals surface area contributed by atoms with Crippen LogP contribution in [0.2, 0.25) is 0 Å². The van der Waals surface area contributed by atoms with Gasteiger partial charge < -0.3 is 14.9 Å². The average molecular weight is 229 g/mol. The molecule has 1 fully saturated rings. The second-order valence-corrected chi connectivity index (χ2v) is 3.49. The summed E-state index contributed by atoms with van der Waals surface area (Å²) in [5.41, 5.74) is 0. The molecule has 0 saturated carbocycles. The van der Waals surface area contributed by atoms with Crippen molar-refractivity contribution in [2.45, 2.75) is 18.4 Å². The van der Waals surface area contributed by atoms with Crippen molar-refractivity contribution < 1.29 is 28.1 Å². The molecule has 7 heteroatoms. The summed E-state index contributed by atoms with van der Waals surface area (Å²) in [6.45, 7) is 0.130. The summed E-state index contributed by atoms with van der Waals surface area (Å²) < 4.78 is 41.1. The summed E-state index contributed by atoms with van der Waals surface area (Å²) >= 11 is 0. The fourth-order valence-electron chi connectivity index (χ4n) is 1.40. The Morgan fingerprint density at radius 1 is 1.47 bits per heavy atom. The Morgan fingerprint density at radius 3 is 2.67 bits per heavy atom. The van der Waals surface area contributed by atoms with Crippen LogP contribution in [-0.4, -0.2) is 66.3 Å². The summed E-state index contributed by atoms with van der Waals surface area (Å²) in [5.74, 6) is 0. The van der Waals surface area contributed by atoms with Gasteiger partial charge in [-0.3, -0.25) is 4.90 Å². The number of aliphatic hydroxyl groups is 2. The number of alkyl halides is 3. The Hall–Kier alpha value is -0.370. The number of ether oxygens (including phenoxy) is 1. The van der Waals surface area contributed by atoms with E-state index in [4.69, 9.17) is 14.9 Å². The van der Waals surface area contributed by atoms with E-state index in [2.05, 4.69) is 0 Å². The van der Waals surface area contributed by atoms with Gasteiger partial charge in [-0.15, -0.1) is 0 Å². The molecular weight excluding hydrogens is 215 g/mol. The van der Waals surface area contributed by atoms with Crippen molar-refractivity contribution >= 4 is 0 Å². The van der Waals surface area contributed by atoms with Crippen molar-refractivity contribution in [3.05, 3.63) is 0 Å². The van der Waals surface area contributed by atoms with Gasteiger partial charge in [0.2, 0.25) is 0 Å². The second-order valence-electron chi connectivity index (χ2n) is 3.49. The van der Waals surface area contributed by atoms with Gasteiger partial charge in [-0.05, 0) is 0 Å². The Bertz CT molecular complexity index is 200. The highest BCUT2D eigenvalue weighted by Crippen LogP contribution is 2.21. The maximum absolute atomic E-state index is 12.0. The van der Waals surface area contributed by atoms with Gasteiger partial charge in [-0.1, -0.05) is 0 Å². The number of halogens is 3. The lowest BCUT2D eigenvalue weighted by molar-refractivity contribution is -0.211. The van der Waals surface area contributed by atoms with Crippen LogP contribution in [0, 0.1) is 0 Å². The zero-order chi connectivity index (χ0) is 11.5. The van der Waals surface area contributed by atoms with E-state index in [9.17, 15) is 13.2 Å². The first-order valence-corrected chi connectivity index (χ1v) is 4.63. The number of hydrogen-bond donors (Lipinski definition) is 2. The van der Waals surface area contributed by atoms with E-state index in [0.717, 1.165) is 0 Å². The lowest BCUT2D eigenvalue weighted by Gasteiger charge is -2.33. The predicted octanol–water partition coefficient (Wildman–Crippen LogP) is -0.397. The molecule has 0 spiro atoms. The topological polar surface area (TPSA) is 52.9 Å². The second kappa shape index (κ2) is 5.11. The number of nitrogens with zero attached hydrogens (tertiary/aromatic N) is 1. The molecule has 0 amide bonds. The molecule has 1 rings (SSSR count). The summed E-state index contributed by atoms with van der Waals surface area (Å²) in [4.78, 5) is 1.43. The van der Waals surface area contributed by atoms with Gasteiger partial charge >= 0.3 is 6.18 Å². The lowest BCUT2D eigenvalue weighted by Crippen LogP contribution is -2.49. The summed E-state index contributed by atoms with van der Waals surface area (Å²) in [6, 6.07) is 0. The van der Waals surface area contributed by atoms with Crippen LogP contribution in [0.3, 0.4) is 0 Å². The molecule has 0 aromatic rings. The van der Waals surface area contributed by atoms with Crippen LogP contribution in [0.5, 0.6) is 0 Å². The molecule has 0 aromatic carbocycles. The van der Waals surface area contributed by atoms with Gasteiger partial charge in [0.25, 0.3) is 0 Å². The van der Waals surface area contributed by atoms with E-state index in [1.54, 1.807) is 0 Å². The first kappa shape index (κ1) is 12.7. The zero-order valence-electron chi connectivity index (χ0n) is 8.07. The van der Waals surface area contributed by atoms with Crippen LogP contribution in [0.15, 0.2) is 0 Å². The molecule has 1 saturated heterocycles. The van der Waals surface area contributed by atoms with Gasteiger partial charge in [-0.2, -0.15) is 13.2 Å². The van der Waals surface area contributed by atoms with Crippen LogP contribution in [-0.2, 0) is 4.74 Å². The Balaban J connectivity index is 2.38. The van der Waals surface area contributed by atoms with Crippen molar-refractivity contribution in [1.82, 2.24) is 4.90 Å². The van der Waals surface area contributed by atoms with Crippen molar-refractivity contribution in [2.24, 2.45) is 0 Å². The quantitative estimate of drug-likeness (QED) is 0.691. The van der Waals surface area contributed by atoms with E-state index >= 15 is 0 Å². The molecule has 1 aliphatic heterocycles. The predicted molar refractivity (Wildman–Crippen MR) is 45.3 cm³/mol. The molecule has 0 aliphatic carbocycles. The Morgan fingerprint density at radius 2 is 2.13 bits per heavy atom. The fourth-order valence-corrected chi connectivity index (χ4v) is 1.40. The van der Waals surface area contributed by atoms with E-state index in [1.807, 2.05) is 0 Å². The minimum atomic E-state index is -4.59. The average Bonchev–Trinajstić information content (AvgIpc) is 2.16. The number of aliphatic hydroxyl groups excluding tert-OH is 2. The molecular formula is C8H14F3NO3. The van der Waals surface area contributed by atoms with Crippen molar-refractivity contribution in [1.29, 1.82) is 0 Å². The first-order valence-electron chi connectivity index (χ1n) is 4.63. The molecule has 0 radical (unpaired) electrons. The number of rotatable bonds is 3. The zero-order valence-corrected chi connectivity index (χ0v) is 8.07. The normalized spacial score (nSPS) is 26.6. The van der Waals surface area contributed by atoms with E-state index in [-0.39, 0.29) is 19.8 Å². The highest BCUT2D eigenvalue weighted by atomic mass is 19.4. The molecule has 2 atom stereocenters. The summed E-state index contributed by atoms with van der Waals surface area (Å²) in [7, 11) is 0. The third kappa shape index (κ3) is 3.94. The van der Waals surface area contributed by atoms with Crippen LogP contribution < -0.4 is 0 Å². The molecule has 2 unspecified atom stereocenters. The Labute approximate surface area is 85.2 Å². The molecule has 1 aliphatic rings. The molecule has 4 nitrogen and oxygen atoms in total. The van der Waals surface area contributed by atoms with Crippen LogP contribution in [0.25, 0.3) is 0 Å². The van der Waals surface area contributed by atoms with Crippen molar-refractivity contribution in [3.63, 3.8) is 0 Å². The van der Waals surface area contributed by atoms with Crippen molar-refractivity contribution in [2.75, 3.05) is 32.8 Å². The minimum absolute atomic E-state index is 0.212. The highest BCUT2D eigenvalue weighted by molar-refractivity contribution is 4.76. The first-order chi connectivity index (χ1) is 6.93. The monoisotopic (exact) mass is 229 g/mol. The summed E-state index contributed by atoms with van der Waals surface area (Å²) in [5, 5.41) is 17.6. The maximum atomic E-state index is 12.0. The Kier molecular flexibility index (Phi) is 4.32. The third-order valence-corrected chi connectivity index (χ3v) is 2.24. The van der Waals surface area contributed by atoms with E-state index in [0.29, 0.717) is 6.54 Å². The molecule has 15 heavy (non-hydrogen) atoms. The van der Waals surface area contributed by atoms with Gasteiger partial charge in [-0.25, -0.2) is 0 Å². The molecule has 1 heterocycles. The van der Waals surface area contributed by atoms with Gasteiger partial charge in [0.1, 0.15) is 0 Å². The fraction of sp³-hybridized carbons (Fsp3) is 1.00. The van der Waals surface area contributed by atoms with Gasteiger partial charge in [0.05, 0.1) is 19.3 Å². The SMILES string of the molecule is OCC1CN(CC(O)C(F)(F)F)CCO1. The number of hydrogen-bond acceptors (Lipinski definition) is 4. The smallest absolute Gasteiger partial charge is 0.394 e. The number of morpholine rings is 1. The van der Waals surface area contributed by atoms with Gasteiger partial charge in [0, 0.05) is 19.6 Å². The minimum Gasteiger partial charge on any atom is -0.394 e.